The summed E-state index contributed by atoms with van der Waals surface area (Å²) in [6, 6.07) is 0. The van der Waals surface area contributed by atoms with Crippen molar-refractivity contribution in [2.24, 2.45) is 0 Å². The molecule has 0 spiro atoms. The maximum atomic E-state index is 3.49. The van der Waals surface area contributed by atoms with Gasteiger partial charge in [-0.05, 0) is 0 Å². The minimum absolute atomic E-state index is 0. The molecule has 1 heteroatoms. The van der Waals surface area contributed by atoms with Crippen LogP contribution in [0.25, 0.3) is 0 Å². The predicted octanol–water partition coefficient (Wildman–Crippen LogP) is 7.25. The summed E-state index contributed by atoms with van der Waals surface area (Å²) in [5.41, 5.74) is 0. The summed E-state index contributed by atoms with van der Waals surface area (Å²) in [4.78, 5) is 0. The standard InChI is InChI=1S/C5H5.3C3H7.5CH3.Hf/c1-2-4-5-3-1;3*1-3-2;;;;;;/h1-3H,4H2;3*1,3H2,2H3;5*1H3;/q9*-1;. The molecule has 130 valence electrons. The van der Waals surface area contributed by atoms with Crippen LogP contribution in [0.1, 0.15) is 46.5 Å². The van der Waals surface area contributed by atoms with Crippen LogP contribution in [-0.4, -0.2) is 0 Å². The van der Waals surface area contributed by atoms with Crippen LogP contribution in [0.5, 0.6) is 0 Å². The zero-order chi connectivity index (χ0) is 11.7. The Balaban J connectivity index is -0.0000000108. The van der Waals surface area contributed by atoms with E-state index in [0.29, 0.717) is 0 Å². The Kier molecular flexibility index (Phi) is 276. The van der Waals surface area contributed by atoms with Crippen molar-refractivity contribution in [2.45, 2.75) is 46.5 Å². The fraction of sp³-hybridized carbons (Fsp3) is 0.368. The third kappa shape index (κ3) is 193. The SMILES string of the molecule is [C-]1=CC=CC1.[CH2-]CC.[CH2-]CC.[CH2-]CC.[CH3-].[CH3-].[CH3-].[CH3-].[CH3-].[Hf]. The molecule has 0 N–H and O–H groups in total. The molecule has 0 radical (unpaired) electrons. The Labute approximate surface area is 154 Å². The van der Waals surface area contributed by atoms with Crippen molar-refractivity contribution in [3.05, 3.63) is 82.2 Å². The number of hydrogen-bond acceptors (Lipinski definition) is 0. The Hall–Kier alpha value is 0.350. The summed E-state index contributed by atoms with van der Waals surface area (Å²) >= 11 is 0. The Morgan fingerprint density at radius 3 is 1.10 bits per heavy atom. The van der Waals surface area contributed by atoms with Crippen molar-refractivity contribution < 1.29 is 25.8 Å². The first-order valence-electron chi connectivity index (χ1n) is 5.34. The largest absolute Gasteiger partial charge is 0.358 e. The first-order valence-corrected chi connectivity index (χ1v) is 5.34. The molecule has 1 aliphatic rings. The van der Waals surface area contributed by atoms with E-state index in [-0.39, 0.29) is 63.0 Å². The summed E-state index contributed by atoms with van der Waals surface area (Å²) in [6.45, 7) is 16.5. The van der Waals surface area contributed by atoms with Crippen LogP contribution in [0.3, 0.4) is 0 Å². The number of hydrogen-bond donors (Lipinski definition) is 0. The van der Waals surface area contributed by atoms with Gasteiger partial charge in [0.2, 0.25) is 0 Å². The molecule has 0 atom stereocenters. The Morgan fingerprint density at radius 1 is 0.800 bits per heavy atom. The van der Waals surface area contributed by atoms with E-state index in [1.165, 1.54) is 0 Å². The van der Waals surface area contributed by atoms with Crippen LogP contribution in [0.4, 0.5) is 0 Å². The van der Waals surface area contributed by atoms with E-state index in [2.05, 4.69) is 32.9 Å². The van der Waals surface area contributed by atoms with E-state index in [1.807, 2.05) is 32.9 Å². The van der Waals surface area contributed by atoms with E-state index in [9.17, 15) is 0 Å². The Bertz CT molecular complexity index is 89.6. The van der Waals surface area contributed by atoms with Crippen molar-refractivity contribution in [1.82, 2.24) is 0 Å². The average molecular weight is 448 g/mol. The molecule has 0 bridgehead atoms. The van der Waals surface area contributed by atoms with E-state index in [1.54, 1.807) is 0 Å². The van der Waals surface area contributed by atoms with Gasteiger partial charge in [0.25, 0.3) is 0 Å². The molecule has 0 nitrogen and oxygen atoms in total. The topological polar surface area (TPSA) is 0 Å². The van der Waals surface area contributed by atoms with Gasteiger partial charge in [0.15, 0.2) is 0 Å². The molecule has 0 fully saturated rings. The van der Waals surface area contributed by atoms with E-state index in [4.69, 9.17) is 0 Å². The molecule has 0 unspecified atom stereocenters. The van der Waals surface area contributed by atoms with Gasteiger partial charge in [-0.25, -0.2) is 12.2 Å². The molecule has 0 saturated heterocycles. The van der Waals surface area contributed by atoms with Crippen LogP contribution in [0.15, 0.2) is 18.2 Å². The van der Waals surface area contributed by atoms with Crippen molar-refractivity contribution >= 4 is 0 Å². The molecule has 0 amide bonds. The fourth-order valence-corrected chi connectivity index (χ4v) is 0.340. The van der Waals surface area contributed by atoms with E-state index < -0.39 is 0 Å². The smallest absolute Gasteiger partial charge is 0 e. The van der Waals surface area contributed by atoms with Gasteiger partial charge in [-0.1, -0.05) is 20.8 Å². The first-order chi connectivity index (χ1) is 6.74. The van der Waals surface area contributed by atoms with Crippen molar-refractivity contribution in [2.75, 3.05) is 0 Å². The summed E-state index contributed by atoms with van der Waals surface area (Å²) in [5.74, 6) is 0. The fourth-order valence-electron chi connectivity index (χ4n) is 0.340. The van der Waals surface area contributed by atoms with Crippen LogP contribution in [0.2, 0.25) is 0 Å². The van der Waals surface area contributed by atoms with Gasteiger partial charge in [0, 0.05) is 25.8 Å². The molecule has 0 aromatic heterocycles. The molecule has 0 saturated carbocycles. The zero-order valence-electron chi connectivity index (χ0n) is 15.7. The van der Waals surface area contributed by atoms with Crippen molar-refractivity contribution in [1.29, 1.82) is 0 Å². The van der Waals surface area contributed by atoms with Crippen molar-refractivity contribution in [3.63, 3.8) is 0 Å². The van der Waals surface area contributed by atoms with Gasteiger partial charge >= 0.3 is 0 Å². The molecule has 0 aromatic carbocycles. The minimum atomic E-state index is 0. The number of rotatable bonds is 0. The quantitative estimate of drug-likeness (QED) is 0.271. The van der Waals surface area contributed by atoms with Gasteiger partial charge in [-0.2, -0.15) is 25.3 Å². The second-order valence-corrected chi connectivity index (χ2v) is 2.50. The minimum Gasteiger partial charge on any atom is -0.358 e. The van der Waals surface area contributed by atoms with E-state index in [0.717, 1.165) is 25.7 Å². The van der Waals surface area contributed by atoms with Gasteiger partial charge < -0.3 is 57.9 Å². The summed E-state index contributed by atoms with van der Waals surface area (Å²) in [7, 11) is 0. The monoisotopic (exact) mass is 449 g/mol. The third-order valence-electron chi connectivity index (χ3n) is 0.586. The summed E-state index contributed by atoms with van der Waals surface area (Å²) in [6.07, 6.45) is 13.0. The average Bonchev–Trinajstić information content (AvgIpc) is 2.63. The normalized spacial score (nSPS) is 7.10. The maximum Gasteiger partial charge on any atom is 0 e. The molecule has 20 heavy (non-hydrogen) atoms. The summed E-state index contributed by atoms with van der Waals surface area (Å²) in [5, 5.41) is 0. The molecule has 0 aromatic rings. The third-order valence-corrected chi connectivity index (χ3v) is 0.586. The molecule has 1 aliphatic carbocycles. The van der Waals surface area contributed by atoms with Crippen LogP contribution < -0.4 is 0 Å². The molecule has 1 rings (SSSR count). The second kappa shape index (κ2) is 93.4. The Morgan fingerprint density at radius 2 is 1.05 bits per heavy atom. The molecular weight excluding hydrogens is 407 g/mol. The zero-order valence-corrected chi connectivity index (χ0v) is 19.3. The second-order valence-electron chi connectivity index (χ2n) is 2.50. The molecular formula is C19H41Hf-9. The molecule has 0 heterocycles. The van der Waals surface area contributed by atoms with Crippen LogP contribution in [0, 0.1) is 64.0 Å². The van der Waals surface area contributed by atoms with Gasteiger partial charge in [0.05, 0.1) is 0 Å². The van der Waals surface area contributed by atoms with Crippen LogP contribution >= 0.6 is 0 Å². The number of allylic oxidation sites excluding steroid dienone is 4. The first kappa shape index (κ1) is 59.1. The van der Waals surface area contributed by atoms with Gasteiger partial charge in [0.1, 0.15) is 0 Å². The van der Waals surface area contributed by atoms with Gasteiger partial charge in [-0.15, -0.1) is 6.42 Å². The summed E-state index contributed by atoms with van der Waals surface area (Å²) < 4.78 is 0. The van der Waals surface area contributed by atoms with Crippen molar-refractivity contribution in [3.8, 4) is 0 Å². The predicted molar refractivity (Wildman–Crippen MR) is 101 cm³/mol. The van der Waals surface area contributed by atoms with Gasteiger partial charge in [-0.3, -0.25) is 6.08 Å². The maximum absolute atomic E-state index is 3.49. The van der Waals surface area contributed by atoms with Crippen LogP contribution in [-0.2, 0) is 25.8 Å². The van der Waals surface area contributed by atoms with E-state index >= 15 is 0 Å². The molecule has 0 aliphatic heterocycles.